The van der Waals surface area contributed by atoms with Crippen molar-refractivity contribution in [3.63, 3.8) is 0 Å². The monoisotopic (exact) mass is 365 g/mol. The van der Waals surface area contributed by atoms with Gasteiger partial charge in [-0.1, -0.05) is 25.1 Å². The first kappa shape index (κ1) is 17.3. The van der Waals surface area contributed by atoms with Crippen LogP contribution in [0.4, 0.5) is 0 Å². The van der Waals surface area contributed by atoms with Gasteiger partial charge in [0.05, 0.1) is 6.54 Å². The molecule has 1 aliphatic heterocycles. The number of para-hydroxylation sites is 1. The highest BCUT2D eigenvalue weighted by Gasteiger charge is 2.29. The van der Waals surface area contributed by atoms with Crippen LogP contribution in [0, 0.1) is 0 Å². The van der Waals surface area contributed by atoms with Crippen molar-refractivity contribution in [3.05, 3.63) is 53.0 Å². The minimum absolute atomic E-state index is 0.0571. The zero-order chi connectivity index (χ0) is 19.0. The summed E-state index contributed by atoms with van der Waals surface area (Å²) < 4.78 is 0. The van der Waals surface area contributed by atoms with Gasteiger partial charge in [0.15, 0.2) is 5.69 Å². The molecule has 0 aliphatic carbocycles. The van der Waals surface area contributed by atoms with Gasteiger partial charge in [0.25, 0.3) is 11.8 Å². The number of H-pyrrole nitrogens is 2. The number of carbonyl (C=O) groups excluding carboxylic acids is 2. The zero-order valence-corrected chi connectivity index (χ0v) is 15.6. The van der Waals surface area contributed by atoms with E-state index in [0.29, 0.717) is 37.4 Å². The number of rotatable bonds is 4. The molecule has 2 N–H and O–H groups in total. The first-order chi connectivity index (χ1) is 13.1. The van der Waals surface area contributed by atoms with Crippen molar-refractivity contribution >= 4 is 22.7 Å². The van der Waals surface area contributed by atoms with Crippen LogP contribution >= 0.6 is 0 Å². The number of amides is 2. The summed E-state index contributed by atoms with van der Waals surface area (Å²) in [7, 11) is 1.78. The molecule has 0 saturated carbocycles. The molecule has 2 amide bonds. The second-order valence-electron chi connectivity index (χ2n) is 7.00. The Morgan fingerprint density at radius 1 is 1.30 bits per heavy atom. The largest absolute Gasteiger partial charge is 0.351 e. The van der Waals surface area contributed by atoms with Gasteiger partial charge in [-0.15, -0.1) is 0 Å². The Hall–Kier alpha value is -3.09. The van der Waals surface area contributed by atoms with Crippen LogP contribution < -0.4 is 0 Å². The SMILES string of the molecule is CCCN(C)C(=O)c1n[nH]c2c1CN(C(=O)c1cc3ccccc3[nH]1)CC2. The molecule has 0 fully saturated rings. The van der Waals surface area contributed by atoms with E-state index in [-0.39, 0.29) is 11.8 Å². The molecule has 1 aromatic carbocycles. The minimum Gasteiger partial charge on any atom is -0.351 e. The molecule has 3 aromatic rings. The molecule has 7 heteroatoms. The van der Waals surface area contributed by atoms with E-state index in [1.54, 1.807) is 16.8 Å². The zero-order valence-electron chi connectivity index (χ0n) is 15.6. The van der Waals surface area contributed by atoms with Crippen molar-refractivity contribution in [1.29, 1.82) is 0 Å². The molecule has 0 unspecified atom stereocenters. The Bertz CT molecular complexity index is 970. The number of fused-ring (bicyclic) bond motifs is 2. The highest BCUT2D eigenvalue weighted by atomic mass is 16.2. The summed E-state index contributed by atoms with van der Waals surface area (Å²) in [6, 6.07) is 9.71. The topological polar surface area (TPSA) is 85.1 Å². The number of carbonyl (C=O) groups is 2. The smallest absolute Gasteiger partial charge is 0.274 e. The fourth-order valence-corrected chi connectivity index (χ4v) is 3.62. The molecular weight excluding hydrogens is 342 g/mol. The maximum absolute atomic E-state index is 13.0. The lowest BCUT2D eigenvalue weighted by molar-refractivity contribution is 0.0719. The molecule has 4 rings (SSSR count). The van der Waals surface area contributed by atoms with Gasteiger partial charge < -0.3 is 14.8 Å². The summed E-state index contributed by atoms with van der Waals surface area (Å²) in [5.41, 5.74) is 3.72. The molecule has 7 nitrogen and oxygen atoms in total. The van der Waals surface area contributed by atoms with Crippen molar-refractivity contribution in [2.24, 2.45) is 0 Å². The highest BCUT2D eigenvalue weighted by molar-refractivity contribution is 5.98. The predicted molar refractivity (Wildman–Crippen MR) is 103 cm³/mol. The number of hydrogen-bond donors (Lipinski definition) is 2. The second kappa shape index (κ2) is 6.90. The number of nitrogens with one attached hydrogen (secondary N) is 2. The summed E-state index contributed by atoms with van der Waals surface area (Å²) >= 11 is 0. The maximum atomic E-state index is 13.0. The molecule has 0 spiro atoms. The van der Waals surface area contributed by atoms with Crippen molar-refractivity contribution in [2.75, 3.05) is 20.1 Å². The third-order valence-corrected chi connectivity index (χ3v) is 5.09. The molecule has 140 valence electrons. The van der Waals surface area contributed by atoms with Crippen molar-refractivity contribution in [1.82, 2.24) is 25.0 Å². The van der Waals surface area contributed by atoms with Crippen LogP contribution in [0.25, 0.3) is 10.9 Å². The molecule has 1 aliphatic rings. The van der Waals surface area contributed by atoms with Crippen LogP contribution in [-0.4, -0.2) is 56.9 Å². The Morgan fingerprint density at radius 3 is 2.89 bits per heavy atom. The standard InChI is InChI=1S/C20H23N5O2/c1-3-9-24(2)20(27)18-14-12-25(10-8-16(14)22-23-18)19(26)17-11-13-6-4-5-7-15(13)21-17/h4-7,11,21H,3,8-10,12H2,1-2H3,(H,22,23). The Morgan fingerprint density at radius 2 is 2.11 bits per heavy atom. The lowest BCUT2D eigenvalue weighted by atomic mass is 10.0. The number of nitrogens with zero attached hydrogens (tertiary/aromatic N) is 3. The van der Waals surface area contributed by atoms with Gasteiger partial charge >= 0.3 is 0 Å². The average Bonchev–Trinajstić information content (AvgIpc) is 3.30. The van der Waals surface area contributed by atoms with Gasteiger partial charge in [0, 0.05) is 48.7 Å². The van der Waals surface area contributed by atoms with Crippen LogP contribution in [0.15, 0.2) is 30.3 Å². The van der Waals surface area contributed by atoms with Gasteiger partial charge in [-0.2, -0.15) is 5.10 Å². The average molecular weight is 365 g/mol. The Kier molecular flexibility index (Phi) is 4.43. The number of hydrogen-bond acceptors (Lipinski definition) is 3. The first-order valence-electron chi connectivity index (χ1n) is 9.27. The van der Waals surface area contributed by atoms with E-state index < -0.39 is 0 Å². The molecular formula is C20H23N5O2. The van der Waals surface area contributed by atoms with Crippen molar-refractivity contribution in [2.45, 2.75) is 26.3 Å². The van der Waals surface area contributed by atoms with Gasteiger partial charge in [-0.3, -0.25) is 14.7 Å². The van der Waals surface area contributed by atoms with Crippen LogP contribution in [0.5, 0.6) is 0 Å². The van der Waals surface area contributed by atoms with Crippen LogP contribution in [0.2, 0.25) is 0 Å². The summed E-state index contributed by atoms with van der Waals surface area (Å²) in [4.78, 5) is 32.3. The number of aromatic nitrogens is 3. The molecule has 0 radical (unpaired) electrons. The fourth-order valence-electron chi connectivity index (χ4n) is 3.62. The fraction of sp³-hybridized carbons (Fsp3) is 0.350. The van der Waals surface area contributed by atoms with Gasteiger partial charge in [0.1, 0.15) is 5.69 Å². The molecule has 0 bridgehead atoms. The van der Waals surface area contributed by atoms with Gasteiger partial charge in [-0.05, 0) is 18.6 Å². The quantitative estimate of drug-likeness (QED) is 0.745. The Labute approximate surface area is 157 Å². The van der Waals surface area contributed by atoms with Crippen molar-refractivity contribution < 1.29 is 9.59 Å². The minimum atomic E-state index is -0.103. The molecule has 3 heterocycles. The Balaban J connectivity index is 1.58. The maximum Gasteiger partial charge on any atom is 0.274 e. The summed E-state index contributed by atoms with van der Waals surface area (Å²) in [5.74, 6) is -0.160. The normalized spacial score (nSPS) is 13.6. The number of benzene rings is 1. The van der Waals surface area contributed by atoms with Crippen LogP contribution in [0.3, 0.4) is 0 Å². The first-order valence-corrected chi connectivity index (χ1v) is 9.27. The lowest BCUT2D eigenvalue weighted by Gasteiger charge is -2.27. The van der Waals surface area contributed by atoms with Crippen LogP contribution in [-0.2, 0) is 13.0 Å². The van der Waals surface area contributed by atoms with E-state index in [1.165, 1.54) is 0 Å². The summed E-state index contributed by atoms with van der Waals surface area (Å²) in [6.45, 7) is 3.70. The van der Waals surface area contributed by atoms with E-state index >= 15 is 0 Å². The predicted octanol–water partition coefficient (Wildman–Crippen LogP) is 2.57. The van der Waals surface area contributed by atoms with E-state index in [0.717, 1.165) is 28.6 Å². The van der Waals surface area contributed by atoms with E-state index in [1.807, 2.05) is 37.3 Å². The van der Waals surface area contributed by atoms with E-state index in [4.69, 9.17) is 0 Å². The van der Waals surface area contributed by atoms with Gasteiger partial charge in [-0.25, -0.2) is 0 Å². The summed E-state index contributed by atoms with van der Waals surface area (Å²) in [5, 5.41) is 8.23. The van der Waals surface area contributed by atoms with E-state index in [9.17, 15) is 9.59 Å². The van der Waals surface area contributed by atoms with E-state index in [2.05, 4.69) is 15.2 Å². The lowest BCUT2D eigenvalue weighted by Crippen LogP contribution is -2.37. The van der Waals surface area contributed by atoms with Crippen LogP contribution in [0.1, 0.15) is 45.6 Å². The third-order valence-electron chi connectivity index (χ3n) is 5.09. The van der Waals surface area contributed by atoms with Crippen molar-refractivity contribution in [3.8, 4) is 0 Å². The third kappa shape index (κ3) is 3.09. The highest BCUT2D eigenvalue weighted by Crippen LogP contribution is 2.24. The molecule has 27 heavy (non-hydrogen) atoms. The van der Waals surface area contributed by atoms with Gasteiger partial charge in [0.2, 0.25) is 0 Å². The molecule has 0 atom stereocenters. The second-order valence-corrected chi connectivity index (χ2v) is 7.00. The number of aromatic amines is 2. The summed E-state index contributed by atoms with van der Waals surface area (Å²) in [6.07, 6.45) is 1.55. The molecule has 0 saturated heterocycles. The molecule has 2 aromatic heterocycles.